The smallest absolute Gasteiger partial charge is 0.177 e. The first-order chi connectivity index (χ1) is 18.2. The molecule has 5 aromatic rings. The van der Waals surface area contributed by atoms with Crippen LogP contribution in [0.5, 0.6) is 5.75 Å². The number of nitrogens with zero attached hydrogens (tertiary/aromatic N) is 4. The minimum atomic E-state index is -0.0896. The third kappa shape index (κ3) is 5.32. The number of ether oxygens (including phenoxy) is 1. The van der Waals surface area contributed by atoms with Crippen LogP contribution < -0.4 is 15.4 Å². The summed E-state index contributed by atoms with van der Waals surface area (Å²) in [6.45, 7) is 5.53. The van der Waals surface area contributed by atoms with Gasteiger partial charge in [0, 0.05) is 13.0 Å². The normalized spacial score (nSPS) is 12.0. The van der Waals surface area contributed by atoms with Gasteiger partial charge in [-0.15, -0.1) is 5.10 Å². The second-order valence-corrected chi connectivity index (χ2v) is 9.07. The first kappa shape index (κ1) is 24.5. The summed E-state index contributed by atoms with van der Waals surface area (Å²) in [5.41, 5.74) is 5.83. The van der Waals surface area contributed by atoms with Crippen molar-refractivity contribution in [2.75, 3.05) is 18.9 Å². The van der Waals surface area contributed by atoms with Crippen LogP contribution in [0.3, 0.4) is 0 Å². The summed E-state index contributed by atoms with van der Waals surface area (Å²) in [6.07, 6.45) is 0.753. The standard InChI is InChI=1S/C30H32N6O/c1-21-28-22(2)36(35-29(28)30(34-33-21)32-20-23-12-6-4-7-13-23)25-16-10-11-17-27(25)37-26(18-19-31-3)24-14-8-5-9-15-24/h4-17,26,31H,18-20H2,1-3H3,(H,32,34). The monoisotopic (exact) mass is 492 g/mol. The number of hydrogen-bond donors (Lipinski definition) is 2. The molecule has 0 amide bonds. The Morgan fingerprint density at radius 2 is 1.57 bits per heavy atom. The van der Waals surface area contributed by atoms with Crippen molar-refractivity contribution in [2.24, 2.45) is 0 Å². The summed E-state index contributed by atoms with van der Waals surface area (Å²) in [4.78, 5) is 0. The molecule has 3 aromatic carbocycles. The molecule has 7 heteroatoms. The van der Waals surface area contributed by atoms with Gasteiger partial charge in [-0.3, -0.25) is 0 Å². The molecule has 1 unspecified atom stereocenters. The molecule has 0 radical (unpaired) electrons. The van der Waals surface area contributed by atoms with Gasteiger partial charge >= 0.3 is 0 Å². The average molecular weight is 493 g/mol. The highest BCUT2D eigenvalue weighted by Crippen LogP contribution is 2.33. The van der Waals surface area contributed by atoms with Crippen molar-refractivity contribution in [2.45, 2.75) is 32.9 Å². The third-order valence-corrected chi connectivity index (χ3v) is 6.50. The molecule has 5 rings (SSSR count). The number of fused-ring (bicyclic) bond motifs is 1. The predicted molar refractivity (Wildman–Crippen MR) is 148 cm³/mol. The maximum atomic E-state index is 6.66. The largest absolute Gasteiger partial charge is 0.483 e. The second-order valence-electron chi connectivity index (χ2n) is 9.07. The van der Waals surface area contributed by atoms with Crippen molar-refractivity contribution in [1.82, 2.24) is 25.3 Å². The number of rotatable bonds is 10. The molecule has 7 nitrogen and oxygen atoms in total. The molecule has 0 bridgehead atoms. The van der Waals surface area contributed by atoms with E-state index in [4.69, 9.17) is 9.84 Å². The number of aromatic nitrogens is 4. The van der Waals surface area contributed by atoms with E-state index in [2.05, 4.69) is 52.0 Å². The molecule has 188 valence electrons. The third-order valence-electron chi connectivity index (χ3n) is 6.50. The van der Waals surface area contributed by atoms with E-state index in [1.807, 2.05) is 79.3 Å². The van der Waals surface area contributed by atoms with Gasteiger partial charge < -0.3 is 15.4 Å². The van der Waals surface area contributed by atoms with Crippen LogP contribution in [0.4, 0.5) is 5.82 Å². The maximum Gasteiger partial charge on any atom is 0.177 e. The molecular weight excluding hydrogens is 460 g/mol. The topological polar surface area (TPSA) is 76.9 Å². The zero-order chi connectivity index (χ0) is 25.6. The minimum absolute atomic E-state index is 0.0896. The van der Waals surface area contributed by atoms with Crippen molar-refractivity contribution in [3.8, 4) is 11.4 Å². The van der Waals surface area contributed by atoms with Gasteiger partial charge in [0.05, 0.1) is 16.8 Å². The lowest BCUT2D eigenvalue weighted by Crippen LogP contribution is -2.17. The molecule has 2 aromatic heterocycles. The Balaban J connectivity index is 1.52. The first-order valence-electron chi connectivity index (χ1n) is 12.6. The fourth-order valence-electron chi connectivity index (χ4n) is 4.58. The van der Waals surface area contributed by atoms with Crippen LogP contribution in [0.1, 0.15) is 35.0 Å². The first-order valence-corrected chi connectivity index (χ1v) is 12.6. The van der Waals surface area contributed by atoms with E-state index in [9.17, 15) is 0 Å². The summed E-state index contributed by atoms with van der Waals surface area (Å²) in [5.74, 6) is 1.45. The van der Waals surface area contributed by atoms with E-state index in [1.165, 1.54) is 5.56 Å². The highest BCUT2D eigenvalue weighted by Gasteiger charge is 2.21. The van der Waals surface area contributed by atoms with Gasteiger partial charge in [0.2, 0.25) is 0 Å². The number of hydrogen-bond acceptors (Lipinski definition) is 6. The summed E-state index contributed by atoms with van der Waals surface area (Å²) in [6, 6.07) is 28.7. The van der Waals surface area contributed by atoms with Gasteiger partial charge in [0.1, 0.15) is 23.1 Å². The van der Waals surface area contributed by atoms with Crippen LogP contribution >= 0.6 is 0 Å². The van der Waals surface area contributed by atoms with Crippen LogP contribution in [0, 0.1) is 13.8 Å². The predicted octanol–water partition coefficient (Wildman–Crippen LogP) is 5.77. The Morgan fingerprint density at radius 3 is 2.32 bits per heavy atom. The Bertz CT molecular complexity index is 1470. The van der Waals surface area contributed by atoms with Gasteiger partial charge in [-0.05, 0) is 50.7 Å². The molecule has 0 aliphatic heterocycles. The Hall–Kier alpha value is -4.23. The number of benzene rings is 3. The van der Waals surface area contributed by atoms with Crippen molar-refractivity contribution in [3.63, 3.8) is 0 Å². The zero-order valence-electron chi connectivity index (χ0n) is 21.5. The summed E-state index contributed by atoms with van der Waals surface area (Å²) >= 11 is 0. The number of nitrogens with one attached hydrogen (secondary N) is 2. The van der Waals surface area contributed by atoms with Crippen LogP contribution in [0.2, 0.25) is 0 Å². The zero-order valence-corrected chi connectivity index (χ0v) is 21.5. The Morgan fingerprint density at radius 1 is 0.865 bits per heavy atom. The van der Waals surface area contributed by atoms with Crippen LogP contribution in [0.15, 0.2) is 84.9 Å². The highest BCUT2D eigenvalue weighted by molar-refractivity contribution is 5.92. The number of aryl methyl sites for hydroxylation is 2. The summed E-state index contributed by atoms with van der Waals surface area (Å²) in [5, 5.41) is 21.6. The van der Waals surface area contributed by atoms with Crippen molar-refractivity contribution in [1.29, 1.82) is 0 Å². The van der Waals surface area contributed by atoms with E-state index in [0.717, 1.165) is 52.3 Å². The average Bonchev–Trinajstić information content (AvgIpc) is 3.29. The molecule has 2 heterocycles. The minimum Gasteiger partial charge on any atom is -0.483 e. The SMILES string of the molecule is CNCCC(Oc1ccccc1-n1nc2c(NCc3ccccc3)nnc(C)c2c1C)c1ccccc1. The van der Waals surface area contributed by atoms with E-state index in [0.29, 0.717) is 12.4 Å². The molecule has 1 atom stereocenters. The molecule has 0 aliphatic rings. The Labute approximate surface area is 217 Å². The fraction of sp³-hybridized carbons (Fsp3) is 0.233. The summed E-state index contributed by atoms with van der Waals surface area (Å²) in [7, 11) is 1.96. The van der Waals surface area contributed by atoms with Gasteiger partial charge in [-0.1, -0.05) is 72.8 Å². The van der Waals surface area contributed by atoms with Crippen molar-refractivity contribution >= 4 is 16.7 Å². The van der Waals surface area contributed by atoms with E-state index in [1.54, 1.807) is 0 Å². The molecule has 0 saturated heterocycles. The summed E-state index contributed by atoms with van der Waals surface area (Å²) < 4.78 is 8.61. The number of para-hydroxylation sites is 2. The van der Waals surface area contributed by atoms with Crippen molar-refractivity contribution < 1.29 is 4.74 Å². The van der Waals surface area contributed by atoms with E-state index >= 15 is 0 Å². The lowest BCUT2D eigenvalue weighted by Gasteiger charge is -2.22. The molecule has 0 saturated carbocycles. The lowest BCUT2D eigenvalue weighted by atomic mass is 10.1. The van der Waals surface area contributed by atoms with Gasteiger partial charge in [0.15, 0.2) is 5.82 Å². The molecule has 0 spiro atoms. The van der Waals surface area contributed by atoms with Crippen LogP contribution in [-0.4, -0.2) is 33.6 Å². The Kier molecular flexibility index (Phi) is 7.42. The van der Waals surface area contributed by atoms with Crippen LogP contribution in [0.25, 0.3) is 16.6 Å². The molecule has 0 fully saturated rings. The lowest BCUT2D eigenvalue weighted by molar-refractivity contribution is 0.194. The maximum absolute atomic E-state index is 6.66. The number of anilines is 1. The van der Waals surface area contributed by atoms with E-state index in [-0.39, 0.29) is 6.10 Å². The second kappa shape index (κ2) is 11.2. The molecule has 37 heavy (non-hydrogen) atoms. The van der Waals surface area contributed by atoms with Crippen LogP contribution in [-0.2, 0) is 6.54 Å². The molecule has 0 aliphatic carbocycles. The molecular formula is C30H32N6O. The highest BCUT2D eigenvalue weighted by atomic mass is 16.5. The fourth-order valence-corrected chi connectivity index (χ4v) is 4.58. The van der Waals surface area contributed by atoms with Gasteiger partial charge in [0.25, 0.3) is 0 Å². The van der Waals surface area contributed by atoms with Crippen molar-refractivity contribution in [3.05, 3.63) is 107 Å². The van der Waals surface area contributed by atoms with Gasteiger partial charge in [-0.2, -0.15) is 10.2 Å². The molecule has 2 N–H and O–H groups in total. The quantitative estimate of drug-likeness (QED) is 0.258. The van der Waals surface area contributed by atoms with E-state index < -0.39 is 0 Å². The van der Waals surface area contributed by atoms with Gasteiger partial charge in [-0.25, -0.2) is 4.68 Å².